The molecule has 0 bridgehead atoms. The normalized spacial score (nSPS) is 12.5. The molecule has 15 heavy (non-hydrogen) atoms. The number of nitrogens with two attached hydrogens (primary N) is 1. The minimum absolute atomic E-state index is 0.128. The number of benzene rings is 1. The van der Waals surface area contributed by atoms with Crippen molar-refractivity contribution in [2.24, 2.45) is 5.73 Å². The Balaban J connectivity index is 3.05. The van der Waals surface area contributed by atoms with Gasteiger partial charge in [0.2, 0.25) is 5.82 Å². The molecular weight excluding hydrogens is 208 g/mol. The third-order valence-corrected chi connectivity index (χ3v) is 1.89. The van der Waals surface area contributed by atoms with E-state index in [1.807, 2.05) is 0 Å². The number of rotatable bonds is 3. The minimum Gasteiger partial charge on any atom is -0.505 e. The summed E-state index contributed by atoms with van der Waals surface area (Å²) in [6, 6.07) is 0.769. The second kappa shape index (κ2) is 4.22. The Hall–Kier alpha value is -1.69. The zero-order valence-electron chi connectivity index (χ0n) is 7.58. The lowest BCUT2D eigenvalue weighted by molar-refractivity contribution is -0.137. The first kappa shape index (κ1) is 11.4. The van der Waals surface area contributed by atoms with E-state index >= 15 is 0 Å². The van der Waals surface area contributed by atoms with Crippen molar-refractivity contribution in [3.8, 4) is 5.75 Å². The summed E-state index contributed by atoms with van der Waals surface area (Å²) < 4.78 is 25.5. The van der Waals surface area contributed by atoms with Gasteiger partial charge in [-0.25, -0.2) is 4.39 Å². The van der Waals surface area contributed by atoms with E-state index in [1.165, 1.54) is 0 Å². The molecule has 0 aliphatic heterocycles. The van der Waals surface area contributed by atoms with Gasteiger partial charge in [0.05, 0.1) is 6.42 Å². The molecule has 0 aromatic heterocycles. The van der Waals surface area contributed by atoms with Crippen LogP contribution in [0.5, 0.6) is 5.75 Å². The third kappa shape index (κ3) is 2.41. The zero-order valence-corrected chi connectivity index (χ0v) is 7.58. The second-order valence-electron chi connectivity index (χ2n) is 3.00. The summed E-state index contributed by atoms with van der Waals surface area (Å²) >= 11 is 0. The van der Waals surface area contributed by atoms with E-state index in [0.29, 0.717) is 0 Å². The van der Waals surface area contributed by atoms with Crippen LogP contribution in [0.1, 0.15) is 18.0 Å². The smallest absolute Gasteiger partial charge is 0.305 e. The van der Waals surface area contributed by atoms with Crippen LogP contribution in [0.3, 0.4) is 0 Å². The highest BCUT2D eigenvalue weighted by molar-refractivity contribution is 5.68. The molecule has 1 aromatic carbocycles. The van der Waals surface area contributed by atoms with E-state index in [-0.39, 0.29) is 5.56 Å². The maximum absolute atomic E-state index is 12.9. The van der Waals surface area contributed by atoms with Gasteiger partial charge in [-0.15, -0.1) is 0 Å². The fraction of sp³-hybridized carbons (Fsp3) is 0.222. The highest BCUT2D eigenvalue weighted by Gasteiger charge is 2.19. The molecule has 1 unspecified atom stereocenters. The van der Waals surface area contributed by atoms with Gasteiger partial charge in [-0.05, 0) is 6.07 Å². The van der Waals surface area contributed by atoms with Gasteiger partial charge in [-0.3, -0.25) is 4.79 Å². The Morgan fingerprint density at radius 1 is 1.47 bits per heavy atom. The summed E-state index contributed by atoms with van der Waals surface area (Å²) in [5, 5.41) is 17.6. The number of hydrogen-bond donors (Lipinski definition) is 3. The molecule has 1 rings (SSSR count). The molecule has 1 atom stereocenters. The van der Waals surface area contributed by atoms with Crippen LogP contribution in [0.15, 0.2) is 12.1 Å². The number of carboxylic acids is 1. The van der Waals surface area contributed by atoms with Crippen LogP contribution in [0.4, 0.5) is 8.78 Å². The van der Waals surface area contributed by atoms with Gasteiger partial charge in [0.15, 0.2) is 11.6 Å². The molecule has 0 amide bonds. The highest BCUT2D eigenvalue weighted by atomic mass is 19.2. The molecule has 4 nitrogen and oxygen atoms in total. The number of phenolic OH excluding ortho intramolecular Hbond substituents is 1. The SMILES string of the molecule is NC(CC(=O)O)c1ccc(F)c(F)c1O. The predicted octanol–water partition coefficient (Wildman–Crippen LogP) is 1.14. The van der Waals surface area contributed by atoms with Gasteiger partial charge < -0.3 is 15.9 Å². The molecule has 1 aromatic rings. The molecule has 0 aliphatic carbocycles. The zero-order chi connectivity index (χ0) is 11.6. The summed E-state index contributed by atoms with van der Waals surface area (Å²) in [6.07, 6.45) is -0.474. The van der Waals surface area contributed by atoms with Crippen molar-refractivity contribution in [1.82, 2.24) is 0 Å². The van der Waals surface area contributed by atoms with Gasteiger partial charge in [-0.2, -0.15) is 4.39 Å². The molecule has 4 N–H and O–H groups in total. The quantitative estimate of drug-likeness (QED) is 0.709. The van der Waals surface area contributed by atoms with E-state index in [0.717, 1.165) is 12.1 Å². The van der Waals surface area contributed by atoms with E-state index in [4.69, 9.17) is 10.8 Å². The van der Waals surface area contributed by atoms with E-state index in [9.17, 15) is 18.7 Å². The minimum atomic E-state index is -1.42. The number of carbonyl (C=O) groups is 1. The van der Waals surface area contributed by atoms with Gasteiger partial charge in [0.1, 0.15) is 0 Å². The van der Waals surface area contributed by atoms with Crippen molar-refractivity contribution in [2.75, 3.05) is 0 Å². The Kier molecular flexibility index (Phi) is 3.21. The number of halogens is 2. The number of hydrogen-bond acceptors (Lipinski definition) is 3. The van der Waals surface area contributed by atoms with Gasteiger partial charge in [0.25, 0.3) is 0 Å². The number of carboxylic acid groups (broad SMARTS) is 1. The number of phenols is 1. The fourth-order valence-electron chi connectivity index (χ4n) is 1.15. The first-order valence-electron chi connectivity index (χ1n) is 4.07. The van der Waals surface area contributed by atoms with Crippen molar-refractivity contribution in [3.05, 3.63) is 29.3 Å². The summed E-state index contributed by atoms with van der Waals surface area (Å²) in [4.78, 5) is 10.3. The lowest BCUT2D eigenvalue weighted by atomic mass is 10.0. The van der Waals surface area contributed by atoms with Gasteiger partial charge >= 0.3 is 5.97 Å². The lowest BCUT2D eigenvalue weighted by Gasteiger charge is -2.11. The standard InChI is InChI=1S/C9H9F2NO3/c10-5-2-1-4(9(15)8(5)11)6(12)3-7(13)14/h1-2,6,15H,3,12H2,(H,13,14). The maximum Gasteiger partial charge on any atom is 0.305 e. The van der Waals surface area contributed by atoms with E-state index in [1.54, 1.807) is 0 Å². The topological polar surface area (TPSA) is 83.6 Å². The van der Waals surface area contributed by atoms with Crippen molar-refractivity contribution >= 4 is 5.97 Å². The molecular formula is C9H9F2NO3. The lowest BCUT2D eigenvalue weighted by Crippen LogP contribution is -2.15. The van der Waals surface area contributed by atoms with E-state index in [2.05, 4.69) is 0 Å². The molecule has 0 spiro atoms. The second-order valence-corrected chi connectivity index (χ2v) is 3.00. The Morgan fingerprint density at radius 2 is 2.07 bits per heavy atom. The molecule has 0 aliphatic rings. The summed E-state index contributed by atoms with van der Waals surface area (Å²) in [7, 11) is 0. The van der Waals surface area contributed by atoms with Crippen LogP contribution in [0, 0.1) is 11.6 Å². The number of aliphatic carboxylic acids is 1. The first-order valence-corrected chi connectivity index (χ1v) is 4.07. The molecule has 0 fully saturated rings. The number of aromatic hydroxyl groups is 1. The molecule has 82 valence electrons. The van der Waals surface area contributed by atoms with Crippen LogP contribution in [0.25, 0.3) is 0 Å². The van der Waals surface area contributed by atoms with Crippen LogP contribution in [-0.2, 0) is 4.79 Å². The van der Waals surface area contributed by atoms with Crippen LogP contribution >= 0.6 is 0 Å². The first-order chi connectivity index (χ1) is 6.93. The van der Waals surface area contributed by atoms with Crippen molar-refractivity contribution in [1.29, 1.82) is 0 Å². The summed E-state index contributed by atoms with van der Waals surface area (Å²) in [6.45, 7) is 0. The van der Waals surface area contributed by atoms with Crippen molar-refractivity contribution < 1.29 is 23.8 Å². The van der Waals surface area contributed by atoms with Crippen molar-refractivity contribution in [2.45, 2.75) is 12.5 Å². The van der Waals surface area contributed by atoms with Crippen LogP contribution < -0.4 is 5.73 Å². The van der Waals surface area contributed by atoms with Crippen LogP contribution in [0.2, 0.25) is 0 Å². The molecule has 0 radical (unpaired) electrons. The predicted molar refractivity (Wildman–Crippen MR) is 47.2 cm³/mol. The summed E-state index contributed by atoms with van der Waals surface area (Å²) in [5.41, 5.74) is 5.26. The molecule has 0 heterocycles. The monoisotopic (exact) mass is 217 g/mol. The molecule has 6 heteroatoms. The average Bonchev–Trinajstić information content (AvgIpc) is 2.13. The van der Waals surface area contributed by atoms with Gasteiger partial charge in [-0.1, -0.05) is 6.07 Å². The van der Waals surface area contributed by atoms with E-state index < -0.39 is 35.8 Å². The van der Waals surface area contributed by atoms with Crippen molar-refractivity contribution in [3.63, 3.8) is 0 Å². The third-order valence-electron chi connectivity index (χ3n) is 1.89. The highest BCUT2D eigenvalue weighted by Crippen LogP contribution is 2.28. The Labute approximate surface area is 83.9 Å². The average molecular weight is 217 g/mol. The fourth-order valence-corrected chi connectivity index (χ4v) is 1.15. The van der Waals surface area contributed by atoms with Crippen LogP contribution in [-0.4, -0.2) is 16.2 Å². The molecule has 0 saturated carbocycles. The van der Waals surface area contributed by atoms with Gasteiger partial charge in [0, 0.05) is 11.6 Å². The Morgan fingerprint density at radius 3 is 2.60 bits per heavy atom. The molecule has 0 saturated heterocycles. The largest absolute Gasteiger partial charge is 0.505 e. The summed E-state index contributed by atoms with van der Waals surface area (Å²) in [5.74, 6) is -4.76. The Bertz CT molecular complexity index is 395. The maximum atomic E-state index is 12.9.